The van der Waals surface area contributed by atoms with Gasteiger partial charge in [0.1, 0.15) is 0 Å². The van der Waals surface area contributed by atoms with Gasteiger partial charge in [0.15, 0.2) is 0 Å². The van der Waals surface area contributed by atoms with E-state index in [1.807, 2.05) is 30.8 Å². The Bertz CT molecular complexity index is 963. The molecular weight excluding hydrogens is 344 g/mol. The summed E-state index contributed by atoms with van der Waals surface area (Å²) in [5.74, 6) is 0. The summed E-state index contributed by atoms with van der Waals surface area (Å²) in [4.78, 5) is 2.59. The molecule has 0 amide bonds. The Morgan fingerprint density at radius 1 is 1.04 bits per heavy atom. The van der Waals surface area contributed by atoms with Gasteiger partial charge in [-0.2, -0.15) is 0 Å². The maximum absolute atomic E-state index is 13.1. The maximum Gasteiger partial charge on any atom is 0.208 e. The number of hydrogen-bond acceptors (Lipinski definition) is 3. The van der Waals surface area contributed by atoms with Crippen LogP contribution in [0.5, 0.6) is 0 Å². The van der Waals surface area contributed by atoms with E-state index >= 15 is 0 Å². The topological polar surface area (TPSA) is 42.3 Å². The summed E-state index contributed by atoms with van der Waals surface area (Å²) in [6.07, 6.45) is 1.70. The van der Waals surface area contributed by atoms with Crippen molar-refractivity contribution in [3.63, 3.8) is 0 Å². The molecule has 0 spiro atoms. The molecule has 0 saturated heterocycles. The summed E-state index contributed by atoms with van der Waals surface area (Å²) < 4.78 is 28.1. The van der Waals surface area contributed by atoms with Crippen LogP contribution in [0.25, 0.3) is 10.9 Å². The molecule has 0 aliphatic rings. The number of hydrogen-bond donors (Lipinski definition) is 0. The van der Waals surface area contributed by atoms with Gasteiger partial charge in [0.05, 0.1) is 20.3 Å². The molecule has 0 radical (unpaired) electrons. The largest absolute Gasteiger partial charge is 0.345 e. The minimum Gasteiger partial charge on any atom is -0.345 e. The molecule has 0 saturated carbocycles. The first-order valence-corrected chi connectivity index (χ1v) is 9.49. The molecule has 1 aromatic heterocycles. The van der Waals surface area contributed by atoms with Gasteiger partial charge in [-0.25, -0.2) is 8.42 Å². The number of benzene rings is 2. The number of nitrogens with zero attached hydrogens (tertiary/aromatic N) is 2. The molecule has 0 bridgehead atoms. The van der Waals surface area contributed by atoms with Crippen LogP contribution in [0, 0.1) is 0 Å². The van der Waals surface area contributed by atoms with Crippen LogP contribution in [0.2, 0.25) is 5.02 Å². The van der Waals surface area contributed by atoms with Crippen LogP contribution in [-0.4, -0.2) is 38.5 Å². The summed E-state index contributed by atoms with van der Waals surface area (Å²) in [5.41, 5.74) is 0.832. The lowest BCUT2D eigenvalue weighted by Crippen LogP contribution is -2.17. The van der Waals surface area contributed by atoms with Gasteiger partial charge in [0.25, 0.3) is 0 Å². The molecule has 0 fully saturated rings. The zero-order chi connectivity index (χ0) is 17.3. The lowest BCUT2D eigenvalue weighted by Gasteiger charge is -2.11. The second kappa shape index (κ2) is 6.59. The first-order valence-electron chi connectivity index (χ1n) is 7.63. The van der Waals surface area contributed by atoms with Crippen LogP contribution >= 0.6 is 11.6 Å². The van der Waals surface area contributed by atoms with Crippen LogP contribution in [0.3, 0.4) is 0 Å². The summed E-state index contributed by atoms with van der Waals surface area (Å²) in [6.45, 7) is 1.50. The smallest absolute Gasteiger partial charge is 0.208 e. The van der Waals surface area contributed by atoms with E-state index in [0.29, 0.717) is 17.0 Å². The molecule has 0 aliphatic heterocycles. The van der Waals surface area contributed by atoms with E-state index in [1.54, 1.807) is 42.6 Å². The number of rotatable bonds is 5. The number of sulfone groups is 1. The molecule has 0 N–H and O–H groups in total. The number of aromatic nitrogens is 1. The molecule has 0 atom stereocenters. The van der Waals surface area contributed by atoms with E-state index in [0.717, 1.165) is 12.1 Å². The first-order chi connectivity index (χ1) is 11.4. The molecule has 4 nitrogen and oxygen atoms in total. The SMILES string of the molecule is CN(C)CCn1cc(S(=O)(=O)c2ccccc2)c2c(Cl)cccc21. The Morgan fingerprint density at radius 2 is 1.75 bits per heavy atom. The highest BCUT2D eigenvalue weighted by Crippen LogP contribution is 2.34. The van der Waals surface area contributed by atoms with E-state index < -0.39 is 9.84 Å². The zero-order valence-electron chi connectivity index (χ0n) is 13.6. The van der Waals surface area contributed by atoms with Gasteiger partial charge >= 0.3 is 0 Å². The summed E-state index contributed by atoms with van der Waals surface area (Å²) in [7, 11) is 0.348. The van der Waals surface area contributed by atoms with Crippen LogP contribution in [0.1, 0.15) is 0 Å². The predicted octanol–water partition coefficient (Wildman–Crippen LogP) is 3.69. The molecule has 3 aromatic rings. The minimum atomic E-state index is -3.62. The molecule has 24 heavy (non-hydrogen) atoms. The fraction of sp³-hybridized carbons (Fsp3) is 0.222. The molecule has 3 rings (SSSR count). The molecule has 6 heteroatoms. The lowest BCUT2D eigenvalue weighted by molar-refractivity contribution is 0.386. The summed E-state index contributed by atoms with van der Waals surface area (Å²) in [5, 5.41) is 1.03. The van der Waals surface area contributed by atoms with Crippen LogP contribution in [-0.2, 0) is 16.4 Å². The number of fused-ring (bicyclic) bond motifs is 1. The Morgan fingerprint density at radius 3 is 2.42 bits per heavy atom. The van der Waals surface area contributed by atoms with Gasteiger partial charge in [-0.3, -0.25) is 0 Å². The van der Waals surface area contributed by atoms with Crippen molar-refractivity contribution >= 4 is 32.3 Å². The number of halogens is 1. The van der Waals surface area contributed by atoms with Gasteiger partial charge in [0, 0.05) is 24.7 Å². The summed E-state index contributed by atoms with van der Waals surface area (Å²) in [6, 6.07) is 13.9. The third kappa shape index (κ3) is 3.07. The van der Waals surface area contributed by atoms with Crippen LogP contribution in [0.15, 0.2) is 64.5 Å². The van der Waals surface area contributed by atoms with Gasteiger partial charge in [-0.15, -0.1) is 0 Å². The van der Waals surface area contributed by atoms with Crippen molar-refractivity contribution in [3.8, 4) is 0 Å². The van der Waals surface area contributed by atoms with Crippen molar-refractivity contribution in [1.29, 1.82) is 0 Å². The fourth-order valence-electron chi connectivity index (χ4n) is 2.69. The Balaban J connectivity index is 2.21. The van der Waals surface area contributed by atoms with Crippen LogP contribution in [0.4, 0.5) is 0 Å². The highest BCUT2D eigenvalue weighted by molar-refractivity contribution is 7.91. The Labute approximate surface area is 147 Å². The molecule has 126 valence electrons. The molecule has 0 unspecified atom stereocenters. The first kappa shape index (κ1) is 17.0. The summed E-state index contributed by atoms with van der Waals surface area (Å²) >= 11 is 6.34. The molecule has 1 heterocycles. The molecular formula is C18H19ClN2O2S. The van der Waals surface area contributed by atoms with E-state index in [-0.39, 0.29) is 9.79 Å². The van der Waals surface area contributed by atoms with Crippen molar-refractivity contribution < 1.29 is 8.42 Å². The fourth-order valence-corrected chi connectivity index (χ4v) is 4.54. The molecule has 2 aromatic carbocycles. The predicted molar refractivity (Wildman–Crippen MR) is 97.4 cm³/mol. The van der Waals surface area contributed by atoms with Gasteiger partial charge in [-0.05, 0) is 38.4 Å². The average molecular weight is 363 g/mol. The average Bonchev–Trinajstić information content (AvgIpc) is 2.95. The third-order valence-corrected chi connectivity index (χ3v) is 6.05. The van der Waals surface area contributed by atoms with E-state index in [2.05, 4.69) is 4.90 Å². The normalized spacial score (nSPS) is 12.2. The number of likely N-dealkylation sites (N-methyl/N-ethyl adjacent to an activating group) is 1. The third-order valence-electron chi connectivity index (χ3n) is 3.95. The second-order valence-electron chi connectivity index (χ2n) is 5.94. The second-order valence-corrected chi connectivity index (χ2v) is 8.27. The van der Waals surface area contributed by atoms with Crippen molar-refractivity contribution in [2.24, 2.45) is 0 Å². The van der Waals surface area contributed by atoms with E-state index in [1.165, 1.54) is 0 Å². The van der Waals surface area contributed by atoms with Gasteiger partial charge < -0.3 is 9.47 Å². The van der Waals surface area contributed by atoms with Crippen molar-refractivity contribution in [2.75, 3.05) is 20.6 Å². The van der Waals surface area contributed by atoms with E-state index in [4.69, 9.17) is 11.6 Å². The van der Waals surface area contributed by atoms with Gasteiger partial charge in [-0.1, -0.05) is 35.9 Å². The van der Waals surface area contributed by atoms with Crippen molar-refractivity contribution in [3.05, 3.63) is 59.8 Å². The van der Waals surface area contributed by atoms with E-state index in [9.17, 15) is 8.42 Å². The monoisotopic (exact) mass is 362 g/mol. The maximum atomic E-state index is 13.1. The Kier molecular flexibility index (Phi) is 4.67. The zero-order valence-corrected chi connectivity index (χ0v) is 15.2. The molecule has 0 aliphatic carbocycles. The van der Waals surface area contributed by atoms with Crippen molar-refractivity contribution in [1.82, 2.24) is 9.47 Å². The standard InChI is InChI=1S/C18H19ClN2O2S/c1-20(2)11-12-21-13-17(18-15(19)9-6-10-16(18)21)24(22,23)14-7-4-3-5-8-14/h3-10,13H,11-12H2,1-2H3. The Hall–Kier alpha value is -1.82. The van der Waals surface area contributed by atoms with Gasteiger partial charge in [0.2, 0.25) is 9.84 Å². The highest BCUT2D eigenvalue weighted by atomic mass is 35.5. The van der Waals surface area contributed by atoms with Crippen LogP contribution < -0.4 is 0 Å². The quantitative estimate of drug-likeness (QED) is 0.695. The lowest BCUT2D eigenvalue weighted by atomic mass is 10.2. The minimum absolute atomic E-state index is 0.257. The highest BCUT2D eigenvalue weighted by Gasteiger charge is 2.24. The van der Waals surface area contributed by atoms with Crippen molar-refractivity contribution in [2.45, 2.75) is 16.3 Å².